The van der Waals surface area contributed by atoms with Crippen LogP contribution in [0.1, 0.15) is 49.7 Å². The first kappa shape index (κ1) is 21.1. The number of allylic oxidation sites excluding steroid dienone is 1. The molecule has 0 aromatic heterocycles. The highest BCUT2D eigenvalue weighted by atomic mass is 16.5. The predicted molar refractivity (Wildman–Crippen MR) is 125 cm³/mol. The van der Waals surface area contributed by atoms with E-state index in [4.69, 9.17) is 14.2 Å². The second-order valence-electron chi connectivity index (χ2n) is 9.93. The summed E-state index contributed by atoms with van der Waals surface area (Å²) in [6.07, 6.45) is 11.2. The molecular weight excluding hydrogens is 400 g/mol. The van der Waals surface area contributed by atoms with Crippen molar-refractivity contribution in [1.29, 1.82) is 0 Å². The normalized spacial score (nSPS) is 28.1. The van der Waals surface area contributed by atoms with Crippen molar-refractivity contribution in [3.05, 3.63) is 59.7 Å². The fraction of sp³-hybridized carbons (Fsp3) is 0.464. The van der Waals surface area contributed by atoms with Crippen molar-refractivity contribution in [2.24, 2.45) is 23.2 Å². The highest BCUT2D eigenvalue weighted by molar-refractivity contribution is 5.98. The Labute approximate surface area is 190 Å². The predicted octanol–water partition coefficient (Wildman–Crippen LogP) is 6.08. The maximum atomic E-state index is 13.3. The lowest BCUT2D eigenvalue weighted by Crippen LogP contribution is -2.49. The Balaban J connectivity index is 1.28. The molecule has 0 spiro atoms. The summed E-state index contributed by atoms with van der Waals surface area (Å²) in [6, 6.07) is 13.5. The maximum absolute atomic E-state index is 13.3. The van der Waals surface area contributed by atoms with Crippen LogP contribution in [0.15, 0.2) is 48.5 Å². The number of ketones is 1. The van der Waals surface area contributed by atoms with E-state index in [2.05, 4.69) is 0 Å². The van der Waals surface area contributed by atoms with Gasteiger partial charge in [0.25, 0.3) is 0 Å². The van der Waals surface area contributed by atoms with Crippen LogP contribution in [0.25, 0.3) is 6.08 Å². The standard InChI is InChI=1S/C28H32O4/c1-30-24-5-7-25(8-6-24)32-18-23-14-19(3-9-26(23)31-2)4-10-27(29)28-15-20-11-21(16-28)13-22(12-20)17-28/h3-10,14,20-22H,11-13,15-18H2,1-2H3/b10-4+. The molecule has 6 rings (SSSR count). The average molecular weight is 433 g/mol. The van der Waals surface area contributed by atoms with Crippen molar-refractivity contribution >= 4 is 11.9 Å². The second-order valence-corrected chi connectivity index (χ2v) is 9.93. The Morgan fingerprint density at radius 1 is 0.906 bits per heavy atom. The molecule has 0 unspecified atom stereocenters. The molecule has 2 aromatic carbocycles. The zero-order chi connectivity index (χ0) is 22.1. The van der Waals surface area contributed by atoms with Crippen molar-refractivity contribution in [2.45, 2.75) is 45.1 Å². The summed E-state index contributed by atoms with van der Waals surface area (Å²) < 4.78 is 16.7. The van der Waals surface area contributed by atoms with E-state index in [1.807, 2.05) is 54.6 Å². The Morgan fingerprint density at radius 3 is 2.12 bits per heavy atom. The molecule has 0 N–H and O–H groups in total. The second kappa shape index (κ2) is 8.65. The van der Waals surface area contributed by atoms with Crippen LogP contribution < -0.4 is 14.2 Å². The van der Waals surface area contributed by atoms with Gasteiger partial charge in [-0.2, -0.15) is 0 Å². The van der Waals surface area contributed by atoms with E-state index in [0.29, 0.717) is 12.4 Å². The fourth-order valence-corrected chi connectivity index (χ4v) is 6.61. The maximum Gasteiger partial charge on any atom is 0.161 e. The van der Waals surface area contributed by atoms with Gasteiger partial charge in [-0.1, -0.05) is 12.1 Å². The van der Waals surface area contributed by atoms with Gasteiger partial charge < -0.3 is 14.2 Å². The number of carbonyl (C=O) groups is 1. The van der Waals surface area contributed by atoms with E-state index >= 15 is 0 Å². The van der Waals surface area contributed by atoms with Crippen molar-refractivity contribution < 1.29 is 19.0 Å². The van der Waals surface area contributed by atoms with E-state index in [0.717, 1.165) is 65.4 Å². The molecule has 4 aliphatic carbocycles. The fourth-order valence-electron chi connectivity index (χ4n) is 6.61. The number of hydrogen-bond acceptors (Lipinski definition) is 4. The Kier molecular flexibility index (Phi) is 5.71. The molecule has 4 fully saturated rings. The van der Waals surface area contributed by atoms with E-state index in [1.54, 1.807) is 14.2 Å². The van der Waals surface area contributed by atoms with Crippen LogP contribution in [0.5, 0.6) is 17.2 Å². The Morgan fingerprint density at radius 2 is 1.53 bits per heavy atom. The molecule has 4 aliphatic rings. The van der Waals surface area contributed by atoms with Gasteiger partial charge in [0.15, 0.2) is 5.78 Å². The first-order valence-electron chi connectivity index (χ1n) is 11.7. The lowest BCUT2D eigenvalue weighted by molar-refractivity contribution is -0.138. The first-order valence-corrected chi connectivity index (χ1v) is 11.7. The number of benzene rings is 2. The van der Waals surface area contributed by atoms with Gasteiger partial charge in [0.1, 0.15) is 23.9 Å². The van der Waals surface area contributed by atoms with Gasteiger partial charge in [-0.3, -0.25) is 4.79 Å². The molecule has 4 saturated carbocycles. The van der Waals surface area contributed by atoms with Gasteiger partial charge >= 0.3 is 0 Å². The monoisotopic (exact) mass is 432 g/mol. The molecule has 4 nitrogen and oxygen atoms in total. The Bertz CT molecular complexity index is 969. The number of ether oxygens (including phenoxy) is 3. The number of methoxy groups -OCH3 is 2. The minimum absolute atomic E-state index is 0.0853. The van der Waals surface area contributed by atoms with E-state index in [-0.39, 0.29) is 5.41 Å². The third-order valence-corrected chi connectivity index (χ3v) is 7.75. The zero-order valence-corrected chi connectivity index (χ0v) is 19.0. The number of carbonyl (C=O) groups excluding carboxylic acids is 1. The molecule has 0 saturated heterocycles. The highest BCUT2D eigenvalue weighted by Gasteiger charge is 2.53. The summed E-state index contributed by atoms with van der Waals surface area (Å²) in [5.41, 5.74) is 1.86. The summed E-state index contributed by atoms with van der Waals surface area (Å²) in [4.78, 5) is 13.3. The van der Waals surface area contributed by atoms with Crippen LogP contribution in [0, 0.1) is 23.2 Å². The summed E-state index contributed by atoms with van der Waals surface area (Å²) in [5.74, 6) is 5.02. The largest absolute Gasteiger partial charge is 0.497 e. The molecule has 2 aromatic rings. The van der Waals surface area contributed by atoms with Crippen LogP contribution in [0.2, 0.25) is 0 Å². The molecule has 0 atom stereocenters. The van der Waals surface area contributed by atoms with Gasteiger partial charge in [0.2, 0.25) is 0 Å². The van der Waals surface area contributed by atoms with Crippen LogP contribution in [-0.4, -0.2) is 20.0 Å². The summed E-state index contributed by atoms with van der Waals surface area (Å²) in [7, 11) is 3.31. The van der Waals surface area contributed by atoms with Crippen LogP contribution >= 0.6 is 0 Å². The number of hydrogen-bond donors (Lipinski definition) is 0. The van der Waals surface area contributed by atoms with Crippen molar-refractivity contribution in [1.82, 2.24) is 0 Å². The van der Waals surface area contributed by atoms with E-state index in [1.165, 1.54) is 19.3 Å². The molecule has 0 radical (unpaired) electrons. The van der Waals surface area contributed by atoms with Crippen LogP contribution in [0.3, 0.4) is 0 Å². The summed E-state index contributed by atoms with van der Waals surface area (Å²) >= 11 is 0. The number of rotatable bonds is 8. The molecule has 0 heterocycles. The highest BCUT2D eigenvalue weighted by Crippen LogP contribution is 2.60. The van der Waals surface area contributed by atoms with Crippen LogP contribution in [0.4, 0.5) is 0 Å². The minimum atomic E-state index is -0.0853. The SMILES string of the molecule is COc1ccc(OCc2cc(/C=C/C(=O)C34CC5CC(CC(C5)C3)C4)ccc2OC)cc1. The molecule has 168 valence electrons. The average Bonchev–Trinajstić information content (AvgIpc) is 2.80. The van der Waals surface area contributed by atoms with Crippen molar-refractivity contribution in [3.63, 3.8) is 0 Å². The van der Waals surface area contributed by atoms with Gasteiger partial charge in [0, 0.05) is 11.0 Å². The molecule has 32 heavy (non-hydrogen) atoms. The Hall–Kier alpha value is -2.75. The smallest absolute Gasteiger partial charge is 0.161 e. The summed E-state index contributed by atoms with van der Waals surface area (Å²) in [6.45, 7) is 0.389. The van der Waals surface area contributed by atoms with Crippen LogP contribution in [-0.2, 0) is 11.4 Å². The molecule has 0 aliphatic heterocycles. The minimum Gasteiger partial charge on any atom is -0.497 e. The topological polar surface area (TPSA) is 44.8 Å². The molecule has 0 amide bonds. The quantitative estimate of drug-likeness (QED) is 0.474. The van der Waals surface area contributed by atoms with Crippen molar-refractivity contribution in [3.8, 4) is 17.2 Å². The van der Waals surface area contributed by atoms with Gasteiger partial charge in [-0.05, 0) is 104 Å². The molecule has 4 bridgehead atoms. The van der Waals surface area contributed by atoms with Gasteiger partial charge in [-0.25, -0.2) is 0 Å². The third-order valence-electron chi connectivity index (χ3n) is 7.75. The molecule has 4 heteroatoms. The van der Waals surface area contributed by atoms with E-state index in [9.17, 15) is 4.79 Å². The lowest BCUT2D eigenvalue weighted by atomic mass is 9.48. The summed E-state index contributed by atoms with van der Waals surface area (Å²) in [5, 5.41) is 0. The van der Waals surface area contributed by atoms with Crippen molar-refractivity contribution in [2.75, 3.05) is 14.2 Å². The molecular formula is C28H32O4. The third kappa shape index (κ3) is 4.15. The lowest BCUT2D eigenvalue weighted by Gasteiger charge is -2.55. The van der Waals surface area contributed by atoms with Gasteiger partial charge in [0.05, 0.1) is 14.2 Å². The first-order chi connectivity index (χ1) is 15.6. The van der Waals surface area contributed by atoms with E-state index < -0.39 is 0 Å². The zero-order valence-electron chi connectivity index (χ0n) is 19.0. The van der Waals surface area contributed by atoms with Gasteiger partial charge in [-0.15, -0.1) is 0 Å².